The fourth-order valence-corrected chi connectivity index (χ4v) is 3.27. The number of unbranched alkanes of at least 4 members (excludes halogenated alkanes) is 1. The maximum Gasteiger partial charge on any atom is 0.261 e. The zero-order valence-corrected chi connectivity index (χ0v) is 13.8. The Bertz CT molecular complexity index is 401. The van der Waals surface area contributed by atoms with Crippen LogP contribution in [-0.2, 0) is 0 Å². The molecule has 94 valence electrons. The van der Waals surface area contributed by atoms with Crippen molar-refractivity contribution in [2.45, 2.75) is 19.3 Å². The van der Waals surface area contributed by atoms with Crippen LogP contribution < -0.4 is 11.1 Å². The van der Waals surface area contributed by atoms with Crippen molar-refractivity contribution < 1.29 is 4.79 Å². The molecule has 0 spiro atoms. The van der Waals surface area contributed by atoms with Crippen molar-refractivity contribution >= 4 is 66.3 Å². The van der Waals surface area contributed by atoms with E-state index in [4.69, 9.17) is 18.0 Å². The Kier molecular flexibility index (Phi) is 6.61. The van der Waals surface area contributed by atoms with Crippen LogP contribution in [0, 0.1) is 0 Å². The van der Waals surface area contributed by atoms with Crippen molar-refractivity contribution in [3.63, 3.8) is 0 Å². The molecule has 0 atom stereocenters. The summed E-state index contributed by atoms with van der Waals surface area (Å²) in [5.74, 6) is -0.0447. The molecule has 0 aromatic carbocycles. The Morgan fingerprint density at radius 3 is 2.71 bits per heavy atom. The van der Waals surface area contributed by atoms with Crippen LogP contribution in [0.25, 0.3) is 0 Å². The number of thiocarbonyl (C=S) groups is 1. The van der Waals surface area contributed by atoms with Gasteiger partial charge >= 0.3 is 0 Å². The second kappa shape index (κ2) is 7.45. The Morgan fingerprint density at radius 2 is 2.18 bits per heavy atom. The van der Waals surface area contributed by atoms with Crippen molar-refractivity contribution in [1.29, 1.82) is 0 Å². The Labute approximate surface area is 126 Å². The minimum Gasteiger partial charge on any atom is -0.393 e. The normalized spacial score (nSPS) is 10.2. The van der Waals surface area contributed by atoms with Gasteiger partial charge in [-0.25, -0.2) is 0 Å². The number of nitrogens with two attached hydrogens (primary N) is 1. The topological polar surface area (TPSA) is 55.1 Å². The van der Waals surface area contributed by atoms with Crippen LogP contribution in [0.5, 0.6) is 0 Å². The van der Waals surface area contributed by atoms with Crippen molar-refractivity contribution in [2.24, 2.45) is 5.73 Å². The van der Waals surface area contributed by atoms with Crippen LogP contribution in [0.2, 0.25) is 0 Å². The highest BCUT2D eigenvalue weighted by atomic mass is 79.9. The van der Waals surface area contributed by atoms with E-state index < -0.39 is 0 Å². The van der Waals surface area contributed by atoms with Gasteiger partial charge in [0.15, 0.2) is 0 Å². The summed E-state index contributed by atoms with van der Waals surface area (Å²) in [5, 5.41) is 2.86. The van der Waals surface area contributed by atoms with E-state index in [1.54, 1.807) is 6.07 Å². The third-order valence-electron chi connectivity index (χ3n) is 2.00. The summed E-state index contributed by atoms with van der Waals surface area (Å²) in [4.78, 5) is 12.9. The lowest BCUT2D eigenvalue weighted by Crippen LogP contribution is -2.23. The van der Waals surface area contributed by atoms with Gasteiger partial charge in [0.1, 0.15) is 0 Å². The number of carbonyl (C=O) groups excluding carboxylic acids is 1. The lowest BCUT2D eigenvalue weighted by molar-refractivity contribution is 0.0957. The van der Waals surface area contributed by atoms with E-state index in [2.05, 4.69) is 37.2 Å². The number of amides is 1. The maximum absolute atomic E-state index is 11.7. The van der Waals surface area contributed by atoms with Gasteiger partial charge in [0.2, 0.25) is 0 Å². The lowest BCUT2D eigenvalue weighted by atomic mass is 10.2. The van der Waals surface area contributed by atoms with Gasteiger partial charge in [0.05, 0.1) is 13.7 Å². The minimum absolute atomic E-state index is 0.0447. The van der Waals surface area contributed by atoms with Gasteiger partial charge in [0.25, 0.3) is 5.91 Å². The molecule has 0 aliphatic heterocycles. The zero-order valence-electron chi connectivity index (χ0n) is 8.96. The highest BCUT2D eigenvalue weighted by Gasteiger charge is 2.11. The average molecular weight is 400 g/mol. The summed E-state index contributed by atoms with van der Waals surface area (Å²) in [6.45, 7) is 0.647. The summed E-state index contributed by atoms with van der Waals surface area (Å²) in [7, 11) is 0. The molecule has 1 heterocycles. The summed E-state index contributed by atoms with van der Waals surface area (Å²) in [6.07, 6.45) is 2.53. The SMILES string of the molecule is NC(=S)CCCCNC(=O)c1cc(Br)c(Br)s1. The Morgan fingerprint density at radius 1 is 1.47 bits per heavy atom. The van der Waals surface area contributed by atoms with E-state index in [1.165, 1.54) is 11.3 Å². The fraction of sp³-hybridized carbons (Fsp3) is 0.400. The highest BCUT2D eigenvalue weighted by Crippen LogP contribution is 2.32. The van der Waals surface area contributed by atoms with Crippen LogP contribution in [-0.4, -0.2) is 17.4 Å². The molecule has 0 aliphatic rings. The van der Waals surface area contributed by atoms with Gasteiger partial charge in [-0.1, -0.05) is 12.2 Å². The molecular formula is C10H12Br2N2OS2. The van der Waals surface area contributed by atoms with Crippen molar-refractivity contribution in [1.82, 2.24) is 5.32 Å². The minimum atomic E-state index is -0.0447. The first-order valence-electron chi connectivity index (χ1n) is 5.02. The van der Waals surface area contributed by atoms with E-state index >= 15 is 0 Å². The molecular weight excluding hydrogens is 388 g/mol. The number of halogens is 2. The smallest absolute Gasteiger partial charge is 0.261 e. The third-order valence-corrected chi connectivity index (χ3v) is 5.46. The molecule has 0 fully saturated rings. The highest BCUT2D eigenvalue weighted by molar-refractivity contribution is 9.13. The van der Waals surface area contributed by atoms with Crippen LogP contribution in [0.1, 0.15) is 28.9 Å². The first kappa shape index (κ1) is 15.1. The lowest BCUT2D eigenvalue weighted by Gasteiger charge is -2.02. The van der Waals surface area contributed by atoms with Gasteiger partial charge in [0, 0.05) is 11.0 Å². The van der Waals surface area contributed by atoms with Gasteiger partial charge in [-0.15, -0.1) is 11.3 Å². The van der Waals surface area contributed by atoms with E-state index in [0.29, 0.717) is 16.4 Å². The molecule has 7 heteroatoms. The van der Waals surface area contributed by atoms with Crippen LogP contribution >= 0.6 is 55.4 Å². The number of thiophene rings is 1. The second-order valence-corrected chi connectivity index (χ2v) is 7.16. The number of hydrogen-bond donors (Lipinski definition) is 2. The van der Waals surface area contributed by atoms with E-state index in [1.807, 2.05) is 0 Å². The Hall–Kier alpha value is 0.0200. The van der Waals surface area contributed by atoms with Crippen LogP contribution in [0.15, 0.2) is 14.3 Å². The molecule has 0 saturated carbocycles. The molecule has 0 unspecified atom stereocenters. The first-order chi connectivity index (χ1) is 8.00. The molecule has 0 radical (unpaired) electrons. The van der Waals surface area contributed by atoms with Gasteiger partial charge in [-0.2, -0.15) is 0 Å². The zero-order chi connectivity index (χ0) is 12.8. The predicted molar refractivity (Wildman–Crippen MR) is 82.7 cm³/mol. The largest absolute Gasteiger partial charge is 0.393 e. The van der Waals surface area contributed by atoms with Crippen LogP contribution in [0.4, 0.5) is 0 Å². The van der Waals surface area contributed by atoms with Gasteiger partial charge in [-0.3, -0.25) is 4.79 Å². The van der Waals surface area contributed by atoms with Crippen LogP contribution in [0.3, 0.4) is 0 Å². The maximum atomic E-state index is 11.7. The standard InChI is InChI=1S/C10H12Br2N2OS2/c11-6-5-7(17-9(6)12)10(15)14-4-2-1-3-8(13)16/h5H,1-4H2,(H2,13,16)(H,14,15). The molecule has 3 nitrogen and oxygen atoms in total. The molecule has 1 aromatic heterocycles. The van der Waals surface area contributed by atoms with Gasteiger partial charge < -0.3 is 11.1 Å². The second-order valence-electron chi connectivity index (χ2n) is 3.41. The fourth-order valence-electron chi connectivity index (χ4n) is 1.17. The summed E-state index contributed by atoms with van der Waals surface area (Å²) in [5.41, 5.74) is 5.38. The molecule has 17 heavy (non-hydrogen) atoms. The third kappa shape index (κ3) is 5.46. The Balaban J connectivity index is 2.28. The van der Waals surface area contributed by atoms with Crippen molar-refractivity contribution in [3.8, 4) is 0 Å². The first-order valence-corrected chi connectivity index (χ1v) is 7.83. The van der Waals surface area contributed by atoms with E-state index in [0.717, 1.165) is 27.5 Å². The van der Waals surface area contributed by atoms with E-state index in [9.17, 15) is 4.79 Å². The number of rotatable bonds is 6. The number of nitrogens with one attached hydrogen (secondary N) is 1. The monoisotopic (exact) mass is 398 g/mol. The quantitative estimate of drug-likeness (QED) is 0.568. The molecule has 1 rings (SSSR count). The summed E-state index contributed by atoms with van der Waals surface area (Å²) in [6, 6.07) is 1.80. The molecule has 0 aliphatic carbocycles. The number of hydrogen-bond acceptors (Lipinski definition) is 3. The van der Waals surface area contributed by atoms with Crippen molar-refractivity contribution in [2.75, 3.05) is 6.54 Å². The van der Waals surface area contributed by atoms with Gasteiger partial charge in [-0.05, 0) is 57.2 Å². The molecule has 0 bridgehead atoms. The number of carbonyl (C=O) groups is 1. The summed E-state index contributed by atoms with van der Waals surface area (Å²) < 4.78 is 1.83. The molecule has 0 saturated heterocycles. The van der Waals surface area contributed by atoms with E-state index in [-0.39, 0.29) is 5.91 Å². The predicted octanol–water partition coefficient (Wildman–Crippen LogP) is 3.46. The van der Waals surface area contributed by atoms with Crippen molar-refractivity contribution in [3.05, 3.63) is 19.2 Å². The summed E-state index contributed by atoms with van der Waals surface area (Å²) >= 11 is 12.9. The average Bonchev–Trinajstić information content (AvgIpc) is 2.58. The molecule has 1 amide bonds. The molecule has 1 aromatic rings. The molecule has 3 N–H and O–H groups in total.